The van der Waals surface area contributed by atoms with E-state index in [9.17, 15) is 19.7 Å². The van der Waals surface area contributed by atoms with E-state index in [1.165, 1.54) is 31.2 Å². The number of rotatable bonds is 5. The molecule has 2 aromatic rings. The molecule has 0 aliphatic carbocycles. The van der Waals surface area contributed by atoms with Gasteiger partial charge in [0.15, 0.2) is 11.8 Å². The van der Waals surface area contributed by atoms with Gasteiger partial charge in [0.05, 0.1) is 20.0 Å². The lowest BCUT2D eigenvalue weighted by atomic mass is 10.2. The fourth-order valence-electron chi connectivity index (χ4n) is 1.80. The van der Waals surface area contributed by atoms with E-state index in [1.54, 1.807) is 0 Å². The van der Waals surface area contributed by atoms with Crippen molar-refractivity contribution in [2.24, 2.45) is 0 Å². The second-order valence-electron chi connectivity index (χ2n) is 4.93. The molecule has 0 radical (unpaired) electrons. The number of hydrogen-bond donors (Lipinski definition) is 1. The van der Waals surface area contributed by atoms with Gasteiger partial charge < -0.3 is 10.1 Å². The van der Waals surface area contributed by atoms with E-state index in [2.05, 4.69) is 10.3 Å². The Kier molecular flexibility index (Phi) is 6.36. The standard InChI is InChI=1S/C15H10Cl3N3O5/c1-7(14(22)20-8-3-2-4-9(5-8)21(24)25)26-15(23)13-12(18)11(17)10(16)6-19-13/h2-7H,1H3,(H,20,22). The normalized spacial score (nSPS) is 11.5. The van der Waals surface area contributed by atoms with Crippen LogP contribution in [0, 0.1) is 10.1 Å². The molecule has 136 valence electrons. The molecule has 0 fully saturated rings. The van der Waals surface area contributed by atoms with Crippen molar-refractivity contribution in [3.63, 3.8) is 0 Å². The first kappa shape index (κ1) is 19.9. The average molecular weight is 419 g/mol. The number of carbonyl (C=O) groups is 2. The lowest BCUT2D eigenvalue weighted by Gasteiger charge is -2.14. The third-order valence-corrected chi connectivity index (χ3v) is 4.33. The maximum atomic E-state index is 12.1. The first-order valence-corrected chi connectivity index (χ1v) is 8.10. The van der Waals surface area contributed by atoms with E-state index in [0.717, 1.165) is 6.20 Å². The Labute approximate surface area is 162 Å². The van der Waals surface area contributed by atoms with Crippen molar-refractivity contribution in [1.82, 2.24) is 4.98 Å². The third-order valence-electron chi connectivity index (χ3n) is 3.09. The summed E-state index contributed by atoms with van der Waals surface area (Å²) in [7, 11) is 0. The molecule has 0 saturated carbocycles. The zero-order valence-corrected chi connectivity index (χ0v) is 15.3. The van der Waals surface area contributed by atoms with Crippen LogP contribution in [0.1, 0.15) is 17.4 Å². The summed E-state index contributed by atoms with van der Waals surface area (Å²) in [6.07, 6.45) is -0.103. The molecule has 1 aromatic carbocycles. The quantitative estimate of drug-likeness (QED) is 0.444. The van der Waals surface area contributed by atoms with Crippen molar-refractivity contribution in [3.8, 4) is 0 Å². The molecule has 26 heavy (non-hydrogen) atoms. The summed E-state index contributed by atoms with van der Waals surface area (Å²) in [4.78, 5) is 38.1. The number of halogens is 3. The van der Waals surface area contributed by atoms with Crippen molar-refractivity contribution < 1.29 is 19.2 Å². The second-order valence-corrected chi connectivity index (χ2v) is 6.09. The maximum absolute atomic E-state index is 12.1. The predicted molar refractivity (Wildman–Crippen MR) is 95.9 cm³/mol. The minimum absolute atomic E-state index is 0.0599. The molecule has 1 unspecified atom stereocenters. The smallest absolute Gasteiger partial charge is 0.359 e. The number of carbonyl (C=O) groups excluding carboxylic acids is 2. The number of nitro groups is 1. The molecule has 2 rings (SSSR count). The highest BCUT2D eigenvalue weighted by molar-refractivity contribution is 6.48. The van der Waals surface area contributed by atoms with Crippen LogP contribution in [0.2, 0.25) is 15.1 Å². The van der Waals surface area contributed by atoms with E-state index in [0.29, 0.717) is 0 Å². The second kappa shape index (κ2) is 8.31. The van der Waals surface area contributed by atoms with E-state index in [4.69, 9.17) is 39.5 Å². The maximum Gasteiger partial charge on any atom is 0.359 e. The summed E-state index contributed by atoms with van der Waals surface area (Å²) < 4.78 is 4.99. The van der Waals surface area contributed by atoms with Gasteiger partial charge in [-0.15, -0.1) is 0 Å². The summed E-state index contributed by atoms with van der Waals surface area (Å²) in [5.41, 5.74) is -0.312. The van der Waals surface area contributed by atoms with Crippen molar-refractivity contribution in [3.05, 3.63) is 61.3 Å². The summed E-state index contributed by atoms with van der Waals surface area (Å²) >= 11 is 17.4. The van der Waals surface area contributed by atoms with Crippen LogP contribution >= 0.6 is 34.8 Å². The van der Waals surface area contributed by atoms with Gasteiger partial charge in [-0.2, -0.15) is 0 Å². The fraction of sp³-hybridized carbons (Fsp3) is 0.133. The molecular formula is C15H10Cl3N3O5. The topological polar surface area (TPSA) is 111 Å². The lowest BCUT2D eigenvalue weighted by Crippen LogP contribution is -2.30. The van der Waals surface area contributed by atoms with Crippen LogP contribution < -0.4 is 5.32 Å². The van der Waals surface area contributed by atoms with Gasteiger partial charge in [0.1, 0.15) is 0 Å². The lowest BCUT2D eigenvalue weighted by molar-refractivity contribution is -0.384. The number of esters is 1. The first-order chi connectivity index (χ1) is 12.2. The number of amides is 1. The van der Waals surface area contributed by atoms with Gasteiger partial charge >= 0.3 is 5.97 Å². The van der Waals surface area contributed by atoms with Crippen molar-refractivity contribution in [2.45, 2.75) is 13.0 Å². The molecule has 1 N–H and O–H groups in total. The predicted octanol–water partition coefficient (Wildman–Crippen LogP) is 4.13. The van der Waals surface area contributed by atoms with Gasteiger partial charge in [-0.3, -0.25) is 14.9 Å². The van der Waals surface area contributed by atoms with Crippen LogP contribution in [0.5, 0.6) is 0 Å². The molecule has 0 spiro atoms. The molecular weight excluding hydrogens is 409 g/mol. The summed E-state index contributed by atoms with van der Waals surface area (Å²) in [6.45, 7) is 1.32. The highest BCUT2D eigenvalue weighted by atomic mass is 35.5. The number of aromatic nitrogens is 1. The Morgan fingerprint density at radius 2 is 1.96 bits per heavy atom. The number of anilines is 1. The zero-order chi connectivity index (χ0) is 19.4. The SMILES string of the molecule is CC(OC(=O)c1ncc(Cl)c(Cl)c1Cl)C(=O)Nc1cccc([N+](=O)[O-])c1. The molecule has 0 saturated heterocycles. The fourth-order valence-corrected chi connectivity index (χ4v) is 2.35. The summed E-state index contributed by atoms with van der Waals surface area (Å²) in [5.74, 6) is -1.68. The third kappa shape index (κ3) is 4.60. The number of non-ortho nitro benzene ring substituents is 1. The van der Waals surface area contributed by atoms with Crippen LogP contribution in [0.4, 0.5) is 11.4 Å². The van der Waals surface area contributed by atoms with Gasteiger partial charge in [-0.1, -0.05) is 40.9 Å². The Hall–Kier alpha value is -2.42. The molecule has 1 amide bonds. The highest BCUT2D eigenvalue weighted by Crippen LogP contribution is 2.31. The van der Waals surface area contributed by atoms with E-state index >= 15 is 0 Å². The van der Waals surface area contributed by atoms with Gasteiger partial charge in [0.25, 0.3) is 11.6 Å². The van der Waals surface area contributed by atoms with Gasteiger partial charge in [-0.05, 0) is 13.0 Å². The van der Waals surface area contributed by atoms with E-state index in [-0.39, 0.29) is 32.1 Å². The molecule has 8 nitrogen and oxygen atoms in total. The Morgan fingerprint density at radius 3 is 2.62 bits per heavy atom. The molecule has 1 atom stereocenters. The van der Waals surface area contributed by atoms with Crippen LogP contribution in [-0.4, -0.2) is 27.9 Å². The first-order valence-electron chi connectivity index (χ1n) is 6.96. The van der Waals surface area contributed by atoms with Crippen LogP contribution in [0.3, 0.4) is 0 Å². The molecule has 0 bridgehead atoms. The number of nitro benzene ring substituents is 1. The van der Waals surface area contributed by atoms with E-state index in [1.807, 2.05) is 0 Å². The van der Waals surface area contributed by atoms with Gasteiger partial charge in [-0.25, -0.2) is 9.78 Å². The molecule has 1 heterocycles. The minimum atomic E-state index is -1.23. The van der Waals surface area contributed by atoms with Crippen LogP contribution in [0.25, 0.3) is 0 Å². The minimum Gasteiger partial charge on any atom is -0.448 e. The number of nitrogens with one attached hydrogen (secondary N) is 1. The Balaban J connectivity index is 2.07. The van der Waals surface area contributed by atoms with Crippen molar-refractivity contribution in [2.75, 3.05) is 5.32 Å². The number of ether oxygens (including phenoxy) is 1. The van der Waals surface area contributed by atoms with Crippen LogP contribution in [-0.2, 0) is 9.53 Å². The van der Waals surface area contributed by atoms with Crippen molar-refractivity contribution >= 4 is 58.1 Å². The Bertz CT molecular complexity index is 891. The van der Waals surface area contributed by atoms with Crippen molar-refractivity contribution in [1.29, 1.82) is 0 Å². The number of pyridine rings is 1. The monoisotopic (exact) mass is 417 g/mol. The highest BCUT2D eigenvalue weighted by Gasteiger charge is 2.24. The summed E-state index contributed by atoms with van der Waals surface area (Å²) in [5, 5.41) is 12.9. The molecule has 1 aromatic heterocycles. The Morgan fingerprint density at radius 1 is 1.27 bits per heavy atom. The largest absolute Gasteiger partial charge is 0.448 e. The number of hydrogen-bond acceptors (Lipinski definition) is 6. The van der Waals surface area contributed by atoms with Gasteiger partial charge in [0, 0.05) is 24.0 Å². The number of nitrogens with zero attached hydrogens (tertiary/aromatic N) is 2. The van der Waals surface area contributed by atoms with Gasteiger partial charge in [0.2, 0.25) is 0 Å². The van der Waals surface area contributed by atoms with Crippen LogP contribution in [0.15, 0.2) is 30.5 Å². The number of benzene rings is 1. The van der Waals surface area contributed by atoms with E-state index < -0.39 is 22.9 Å². The molecule has 0 aliphatic rings. The zero-order valence-electron chi connectivity index (χ0n) is 13.0. The summed E-state index contributed by atoms with van der Waals surface area (Å²) in [6, 6.07) is 5.31. The molecule has 0 aliphatic heterocycles. The molecule has 11 heteroatoms. The average Bonchev–Trinajstić information content (AvgIpc) is 2.59.